The molecule has 0 spiro atoms. The van der Waals surface area contributed by atoms with Crippen LogP contribution in [-0.2, 0) is 11.5 Å². The summed E-state index contributed by atoms with van der Waals surface area (Å²) in [5.41, 5.74) is 11.6. The van der Waals surface area contributed by atoms with Gasteiger partial charge in [-0.05, 0) is 49.2 Å². The van der Waals surface area contributed by atoms with Gasteiger partial charge in [-0.15, -0.1) is 23.5 Å². The predicted molar refractivity (Wildman–Crippen MR) is 119 cm³/mol. The van der Waals surface area contributed by atoms with E-state index in [1.54, 1.807) is 0 Å². The predicted octanol–water partition coefficient (Wildman–Crippen LogP) is 6.17. The topological polar surface area (TPSA) is 49.9 Å². The molecule has 0 unspecified atom stereocenters. The van der Waals surface area contributed by atoms with Gasteiger partial charge < -0.3 is 5.73 Å². The number of benzene rings is 3. The Labute approximate surface area is 170 Å². The van der Waals surface area contributed by atoms with Crippen LogP contribution in [0, 0.1) is 19.3 Å². The monoisotopic (exact) mass is 392 g/mol. The van der Waals surface area contributed by atoms with Gasteiger partial charge in [0.15, 0.2) is 0 Å². The third-order valence-electron chi connectivity index (χ3n) is 4.19. The first-order valence-corrected chi connectivity index (χ1v) is 10.8. The minimum atomic E-state index is 0.112. The average molecular weight is 393 g/mol. The van der Waals surface area contributed by atoms with E-state index in [4.69, 9.17) is 11.1 Å². The molecular formula is C23H24N2S2. The van der Waals surface area contributed by atoms with E-state index in [9.17, 15) is 0 Å². The zero-order valence-corrected chi connectivity index (χ0v) is 17.3. The number of hydrogen-bond donors (Lipinski definition) is 2. The van der Waals surface area contributed by atoms with E-state index in [1.807, 2.05) is 47.8 Å². The molecule has 138 valence electrons. The zero-order valence-electron chi connectivity index (χ0n) is 15.7. The van der Waals surface area contributed by atoms with Crippen LogP contribution in [0.5, 0.6) is 0 Å². The van der Waals surface area contributed by atoms with E-state index in [-0.39, 0.29) is 5.84 Å². The normalized spacial score (nSPS) is 10.7. The molecule has 0 saturated carbocycles. The summed E-state index contributed by atoms with van der Waals surface area (Å²) in [5.74, 6) is 2.03. The summed E-state index contributed by atoms with van der Waals surface area (Å²) in [5, 5.41) is 7.47. The Hall–Kier alpha value is -2.17. The molecule has 0 fully saturated rings. The molecule has 0 heterocycles. The van der Waals surface area contributed by atoms with Crippen LogP contribution in [0.4, 0.5) is 0 Å². The lowest BCUT2D eigenvalue weighted by Gasteiger charge is -2.09. The van der Waals surface area contributed by atoms with Gasteiger partial charge in [-0.1, -0.05) is 53.6 Å². The molecular weight excluding hydrogens is 368 g/mol. The second-order valence-electron chi connectivity index (χ2n) is 6.66. The lowest BCUT2D eigenvalue weighted by Crippen LogP contribution is -2.10. The number of rotatable bonds is 7. The Kier molecular flexibility index (Phi) is 6.64. The summed E-state index contributed by atoms with van der Waals surface area (Å²) < 4.78 is 0. The van der Waals surface area contributed by atoms with Gasteiger partial charge in [0, 0.05) is 26.9 Å². The molecule has 3 rings (SSSR count). The van der Waals surface area contributed by atoms with E-state index in [0.717, 1.165) is 17.1 Å². The van der Waals surface area contributed by atoms with Gasteiger partial charge in [-0.25, -0.2) is 0 Å². The highest BCUT2D eigenvalue weighted by Crippen LogP contribution is 2.27. The molecule has 0 aliphatic rings. The highest BCUT2D eigenvalue weighted by atomic mass is 32.2. The quantitative estimate of drug-likeness (QED) is 0.287. The van der Waals surface area contributed by atoms with Crippen LogP contribution >= 0.6 is 23.5 Å². The number of nitrogens with one attached hydrogen (secondary N) is 1. The first kappa shape index (κ1) is 19.6. The van der Waals surface area contributed by atoms with Crippen molar-refractivity contribution in [3.05, 3.63) is 94.5 Å². The van der Waals surface area contributed by atoms with Crippen molar-refractivity contribution in [3.63, 3.8) is 0 Å². The Balaban J connectivity index is 1.62. The zero-order chi connectivity index (χ0) is 19.2. The largest absolute Gasteiger partial charge is 0.384 e. The van der Waals surface area contributed by atoms with E-state index in [2.05, 4.69) is 56.3 Å². The Morgan fingerprint density at radius 1 is 0.741 bits per heavy atom. The standard InChI is InChI=1S/C23H24N2S2/c1-16-3-7-21(8-4-16)26-14-18-11-17(2)12-19(13-18)15-27-22-9-5-20(6-10-22)23(24)25/h3-13H,14-15H2,1-2H3,(H3,24,25). The van der Waals surface area contributed by atoms with Crippen LogP contribution in [0.25, 0.3) is 0 Å². The van der Waals surface area contributed by atoms with E-state index in [1.165, 1.54) is 32.0 Å². The van der Waals surface area contributed by atoms with Gasteiger partial charge in [-0.3, -0.25) is 5.41 Å². The van der Waals surface area contributed by atoms with Crippen molar-refractivity contribution in [3.8, 4) is 0 Å². The summed E-state index contributed by atoms with van der Waals surface area (Å²) in [4.78, 5) is 2.50. The van der Waals surface area contributed by atoms with Gasteiger partial charge in [-0.2, -0.15) is 0 Å². The second-order valence-corrected chi connectivity index (χ2v) is 8.75. The van der Waals surface area contributed by atoms with Crippen LogP contribution in [0.3, 0.4) is 0 Å². The van der Waals surface area contributed by atoms with Crippen LogP contribution in [0.15, 0.2) is 76.5 Å². The van der Waals surface area contributed by atoms with Gasteiger partial charge >= 0.3 is 0 Å². The van der Waals surface area contributed by atoms with E-state index >= 15 is 0 Å². The van der Waals surface area contributed by atoms with Crippen molar-refractivity contribution >= 4 is 29.4 Å². The molecule has 3 N–H and O–H groups in total. The number of nitrogens with two attached hydrogens (primary N) is 1. The van der Waals surface area contributed by atoms with Crippen molar-refractivity contribution in [2.75, 3.05) is 0 Å². The minimum absolute atomic E-state index is 0.112. The molecule has 0 radical (unpaired) electrons. The van der Waals surface area contributed by atoms with E-state index in [0.29, 0.717) is 0 Å². The fourth-order valence-electron chi connectivity index (χ4n) is 2.81. The van der Waals surface area contributed by atoms with Crippen molar-refractivity contribution < 1.29 is 0 Å². The SMILES string of the molecule is Cc1ccc(SCc2cc(C)cc(CSc3ccc(C(=N)N)cc3)c2)cc1. The van der Waals surface area contributed by atoms with Gasteiger partial charge in [0.25, 0.3) is 0 Å². The molecule has 3 aromatic carbocycles. The smallest absolute Gasteiger partial charge is 0.122 e. The maximum Gasteiger partial charge on any atom is 0.122 e. The summed E-state index contributed by atoms with van der Waals surface area (Å²) in [6.45, 7) is 4.28. The molecule has 2 nitrogen and oxygen atoms in total. The molecule has 3 aromatic rings. The molecule has 27 heavy (non-hydrogen) atoms. The Morgan fingerprint density at radius 3 is 1.70 bits per heavy atom. The number of aryl methyl sites for hydroxylation is 2. The summed E-state index contributed by atoms with van der Waals surface area (Å²) in [6.07, 6.45) is 0. The average Bonchev–Trinajstić information content (AvgIpc) is 2.66. The first-order chi connectivity index (χ1) is 13.0. The molecule has 0 saturated heterocycles. The first-order valence-electron chi connectivity index (χ1n) is 8.86. The second kappa shape index (κ2) is 9.16. The van der Waals surface area contributed by atoms with Crippen LogP contribution in [0.1, 0.15) is 27.8 Å². The van der Waals surface area contributed by atoms with Gasteiger partial charge in [0.05, 0.1) is 0 Å². The maximum atomic E-state index is 7.47. The van der Waals surface area contributed by atoms with Crippen LogP contribution in [0.2, 0.25) is 0 Å². The van der Waals surface area contributed by atoms with Crippen molar-refractivity contribution in [1.29, 1.82) is 5.41 Å². The lowest BCUT2D eigenvalue weighted by atomic mass is 10.1. The molecule has 0 atom stereocenters. The van der Waals surface area contributed by atoms with Gasteiger partial charge in [0.2, 0.25) is 0 Å². The fourth-order valence-corrected chi connectivity index (χ4v) is 4.47. The van der Waals surface area contributed by atoms with Crippen molar-refractivity contribution in [2.24, 2.45) is 5.73 Å². The lowest BCUT2D eigenvalue weighted by molar-refractivity contribution is 1.27. The highest BCUT2D eigenvalue weighted by Gasteiger charge is 2.03. The van der Waals surface area contributed by atoms with Crippen molar-refractivity contribution in [2.45, 2.75) is 35.1 Å². The summed E-state index contributed by atoms with van der Waals surface area (Å²) >= 11 is 3.69. The van der Waals surface area contributed by atoms with Crippen LogP contribution in [-0.4, -0.2) is 5.84 Å². The molecule has 0 bridgehead atoms. The Bertz CT molecular complexity index is 916. The molecule has 4 heteroatoms. The highest BCUT2D eigenvalue weighted by molar-refractivity contribution is 7.98. The van der Waals surface area contributed by atoms with E-state index < -0.39 is 0 Å². The third-order valence-corrected chi connectivity index (χ3v) is 6.36. The molecule has 0 aliphatic carbocycles. The Morgan fingerprint density at radius 2 is 1.22 bits per heavy atom. The van der Waals surface area contributed by atoms with Gasteiger partial charge in [0.1, 0.15) is 5.84 Å². The summed E-state index contributed by atoms with van der Waals surface area (Å²) in [7, 11) is 0. The third kappa shape index (κ3) is 5.91. The minimum Gasteiger partial charge on any atom is -0.384 e. The number of nitrogen functional groups attached to an aromatic ring is 1. The van der Waals surface area contributed by atoms with Crippen LogP contribution < -0.4 is 5.73 Å². The molecule has 0 aliphatic heterocycles. The number of thioether (sulfide) groups is 2. The number of hydrogen-bond acceptors (Lipinski definition) is 3. The molecule has 0 amide bonds. The maximum absolute atomic E-state index is 7.47. The van der Waals surface area contributed by atoms with Crippen molar-refractivity contribution in [1.82, 2.24) is 0 Å². The molecule has 0 aromatic heterocycles. The summed E-state index contributed by atoms with van der Waals surface area (Å²) in [6, 6.07) is 23.4. The fraction of sp³-hybridized carbons (Fsp3) is 0.174. The number of amidine groups is 1.